The van der Waals surface area contributed by atoms with E-state index in [1.807, 2.05) is 0 Å². The lowest BCUT2D eigenvalue weighted by molar-refractivity contribution is -0.149. The SMILES string of the molecule is CCC(CCCCCCCCCOC(=O)CCCI)OC(=O)CCCI. The van der Waals surface area contributed by atoms with Crippen LogP contribution in [0.3, 0.4) is 0 Å². The second-order valence-corrected chi connectivity index (χ2v) is 8.75. The number of alkyl halides is 2. The van der Waals surface area contributed by atoms with E-state index in [0.29, 0.717) is 19.4 Å². The van der Waals surface area contributed by atoms with Crippen molar-refractivity contribution < 1.29 is 19.1 Å². The first-order chi connectivity index (χ1) is 12.6. The van der Waals surface area contributed by atoms with E-state index in [0.717, 1.165) is 53.8 Å². The molecule has 0 fully saturated rings. The van der Waals surface area contributed by atoms with E-state index in [2.05, 4.69) is 52.1 Å². The summed E-state index contributed by atoms with van der Waals surface area (Å²) in [5.41, 5.74) is 0. The third-order valence-corrected chi connectivity index (χ3v) is 5.74. The quantitative estimate of drug-likeness (QED) is 0.0798. The van der Waals surface area contributed by atoms with Crippen molar-refractivity contribution in [2.75, 3.05) is 15.5 Å². The lowest BCUT2D eigenvalue weighted by atomic mass is 10.1. The average molecular weight is 594 g/mol. The summed E-state index contributed by atoms with van der Waals surface area (Å²) in [5.74, 6) is -0.0920. The third kappa shape index (κ3) is 17.8. The van der Waals surface area contributed by atoms with Gasteiger partial charge in [-0.05, 0) is 38.5 Å². The average Bonchev–Trinajstić information content (AvgIpc) is 2.64. The molecule has 0 spiro atoms. The molecule has 0 aromatic rings. The molecule has 0 aromatic heterocycles. The van der Waals surface area contributed by atoms with E-state index in [9.17, 15) is 9.59 Å². The van der Waals surface area contributed by atoms with Crippen molar-refractivity contribution in [1.82, 2.24) is 0 Å². The molecule has 26 heavy (non-hydrogen) atoms. The fraction of sp³-hybridized carbons (Fsp3) is 0.900. The number of esters is 2. The fourth-order valence-electron chi connectivity index (χ4n) is 2.63. The first-order valence-corrected chi connectivity index (χ1v) is 13.2. The van der Waals surface area contributed by atoms with Crippen LogP contribution in [0.1, 0.15) is 90.4 Å². The van der Waals surface area contributed by atoms with Gasteiger partial charge >= 0.3 is 11.9 Å². The van der Waals surface area contributed by atoms with Crippen LogP contribution in [0.15, 0.2) is 0 Å². The van der Waals surface area contributed by atoms with Crippen molar-refractivity contribution >= 4 is 57.1 Å². The monoisotopic (exact) mass is 594 g/mol. The highest BCUT2D eigenvalue weighted by atomic mass is 127. The van der Waals surface area contributed by atoms with Crippen molar-refractivity contribution in [3.05, 3.63) is 0 Å². The predicted octanol–water partition coefficient (Wildman–Crippen LogP) is 6.40. The third-order valence-electron chi connectivity index (χ3n) is 4.22. The lowest BCUT2D eigenvalue weighted by Crippen LogP contribution is -2.17. The van der Waals surface area contributed by atoms with Gasteiger partial charge in [0.25, 0.3) is 0 Å². The van der Waals surface area contributed by atoms with Crippen LogP contribution in [0.2, 0.25) is 0 Å². The molecule has 0 aliphatic rings. The molecule has 0 rings (SSSR count). The maximum atomic E-state index is 11.7. The summed E-state index contributed by atoms with van der Waals surface area (Å²) in [4.78, 5) is 23.0. The highest BCUT2D eigenvalue weighted by molar-refractivity contribution is 14.1. The Morgan fingerprint density at radius 2 is 1.31 bits per heavy atom. The number of carbonyl (C=O) groups is 2. The molecule has 0 aromatic carbocycles. The molecule has 4 nitrogen and oxygen atoms in total. The van der Waals surface area contributed by atoms with Gasteiger partial charge < -0.3 is 9.47 Å². The van der Waals surface area contributed by atoms with Crippen LogP contribution in [0.4, 0.5) is 0 Å². The van der Waals surface area contributed by atoms with E-state index >= 15 is 0 Å². The molecule has 1 atom stereocenters. The minimum absolute atomic E-state index is 0.0384. The van der Waals surface area contributed by atoms with E-state index < -0.39 is 0 Å². The van der Waals surface area contributed by atoms with E-state index in [-0.39, 0.29) is 18.0 Å². The molecule has 0 amide bonds. The summed E-state index contributed by atoms with van der Waals surface area (Å²) < 4.78 is 12.7. The smallest absolute Gasteiger partial charge is 0.306 e. The summed E-state index contributed by atoms with van der Waals surface area (Å²) in [5, 5.41) is 0. The van der Waals surface area contributed by atoms with Crippen molar-refractivity contribution in [3.63, 3.8) is 0 Å². The van der Waals surface area contributed by atoms with E-state index in [1.165, 1.54) is 25.7 Å². The molecule has 0 heterocycles. The first kappa shape index (κ1) is 26.4. The number of carbonyl (C=O) groups excluding carboxylic acids is 2. The van der Waals surface area contributed by atoms with Crippen LogP contribution >= 0.6 is 45.2 Å². The maximum Gasteiger partial charge on any atom is 0.306 e. The molecule has 154 valence electrons. The van der Waals surface area contributed by atoms with Crippen LogP contribution in [-0.2, 0) is 19.1 Å². The molecule has 0 aliphatic heterocycles. The summed E-state index contributed by atoms with van der Waals surface area (Å²) >= 11 is 4.56. The van der Waals surface area contributed by atoms with Gasteiger partial charge in [-0.15, -0.1) is 0 Å². The van der Waals surface area contributed by atoms with Crippen molar-refractivity contribution in [1.29, 1.82) is 0 Å². The van der Waals surface area contributed by atoms with Gasteiger partial charge in [0.2, 0.25) is 0 Å². The second-order valence-electron chi connectivity index (χ2n) is 6.59. The summed E-state index contributed by atoms with van der Waals surface area (Å²) in [6.07, 6.45) is 13.0. The number of ether oxygens (including phenoxy) is 2. The minimum Gasteiger partial charge on any atom is -0.466 e. The Balaban J connectivity index is 3.43. The zero-order valence-electron chi connectivity index (χ0n) is 16.3. The molecule has 0 N–H and O–H groups in total. The molecular weight excluding hydrogens is 558 g/mol. The Hall–Kier alpha value is 0.400. The highest BCUT2D eigenvalue weighted by Crippen LogP contribution is 2.14. The molecule has 0 radical (unpaired) electrons. The van der Waals surface area contributed by atoms with E-state index in [1.54, 1.807) is 0 Å². The van der Waals surface area contributed by atoms with Gasteiger partial charge in [-0.1, -0.05) is 84.2 Å². The normalized spacial score (nSPS) is 12.0. The number of unbranched alkanes of at least 4 members (excludes halogenated alkanes) is 6. The van der Waals surface area contributed by atoms with Crippen molar-refractivity contribution in [3.8, 4) is 0 Å². The van der Waals surface area contributed by atoms with Crippen LogP contribution < -0.4 is 0 Å². The van der Waals surface area contributed by atoms with Gasteiger partial charge in [0, 0.05) is 21.7 Å². The van der Waals surface area contributed by atoms with Gasteiger partial charge in [-0.25, -0.2) is 0 Å². The lowest BCUT2D eigenvalue weighted by Gasteiger charge is -2.16. The van der Waals surface area contributed by atoms with Gasteiger partial charge in [0.05, 0.1) is 6.61 Å². The number of hydrogen-bond acceptors (Lipinski definition) is 4. The standard InChI is InChI=1S/C20H36I2O4/c1-2-18(26-20(24)14-11-16-22)12-8-6-4-3-5-7-9-17-25-19(23)13-10-15-21/h18H,2-17H2,1H3. The first-order valence-electron chi connectivity index (χ1n) is 10.1. The second kappa shape index (κ2) is 20.1. The molecule has 0 aliphatic carbocycles. The number of rotatable bonds is 18. The molecular formula is C20H36I2O4. The zero-order valence-corrected chi connectivity index (χ0v) is 20.6. The van der Waals surface area contributed by atoms with Crippen LogP contribution in [-0.4, -0.2) is 33.5 Å². The molecule has 6 heteroatoms. The molecule has 1 unspecified atom stereocenters. The number of hydrogen-bond donors (Lipinski definition) is 0. The van der Waals surface area contributed by atoms with Crippen LogP contribution in [0.5, 0.6) is 0 Å². The Kier molecular flexibility index (Phi) is 20.5. The summed E-state index contributed by atoms with van der Waals surface area (Å²) in [7, 11) is 0. The van der Waals surface area contributed by atoms with Gasteiger partial charge in [0.15, 0.2) is 0 Å². The van der Waals surface area contributed by atoms with Gasteiger partial charge in [0.1, 0.15) is 6.10 Å². The van der Waals surface area contributed by atoms with Crippen molar-refractivity contribution in [2.45, 2.75) is 96.5 Å². The van der Waals surface area contributed by atoms with Crippen molar-refractivity contribution in [2.24, 2.45) is 0 Å². The van der Waals surface area contributed by atoms with E-state index in [4.69, 9.17) is 9.47 Å². The molecule has 0 saturated carbocycles. The van der Waals surface area contributed by atoms with Crippen LogP contribution in [0, 0.1) is 0 Å². The highest BCUT2D eigenvalue weighted by Gasteiger charge is 2.11. The maximum absolute atomic E-state index is 11.7. The van der Waals surface area contributed by atoms with Crippen LogP contribution in [0.25, 0.3) is 0 Å². The summed E-state index contributed by atoms with van der Waals surface area (Å²) in [6.45, 7) is 2.66. The Labute approximate surface area is 187 Å². The Morgan fingerprint density at radius 3 is 1.88 bits per heavy atom. The van der Waals surface area contributed by atoms with Gasteiger partial charge in [-0.3, -0.25) is 9.59 Å². The molecule has 0 bridgehead atoms. The zero-order chi connectivity index (χ0) is 19.5. The fourth-order valence-corrected chi connectivity index (χ4v) is 3.39. The topological polar surface area (TPSA) is 52.6 Å². The van der Waals surface area contributed by atoms with Gasteiger partial charge in [-0.2, -0.15) is 0 Å². The number of halogens is 2. The predicted molar refractivity (Wildman–Crippen MR) is 124 cm³/mol. The summed E-state index contributed by atoms with van der Waals surface area (Å²) in [6, 6.07) is 0. The Bertz CT molecular complexity index is 351. The minimum atomic E-state index is -0.0536. The Morgan fingerprint density at radius 1 is 0.769 bits per heavy atom. The largest absolute Gasteiger partial charge is 0.466 e. The molecule has 0 saturated heterocycles.